The number of nitrogens with two attached hydrogens (primary N) is 1. The van der Waals surface area contributed by atoms with Crippen LogP contribution in [0.2, 0.25) is 0 Å². The second kappa shape index (κ2) is 8.17. The molecule has 0 aliphatic heterocycles. The summed E-state index contributed by atoms with van der Waals surface area (Å²) in [6, 6.07) is 0. The van der Waals surface area contributed by atoms with Crippen molar-refractivity contribution < 1.29 is 4.79 Å². The molecule has 4 heteroatoms. The molecule has 2 aliphatic rings. The van der Waals surface area contributed by atoms with Gasteiger partial charge >= 0.3 is 0 Å². The molecule has 0 saturated heterocycles. The Morgan fingerprint density at radius 3 is 2.11 bits per heavy atom. The Morgan fingerprint density at radius 1 is 1.22 bits per heavy atom. The van der Waals surface area contributed by atoms with Gasteiger partial charge in [0.1, 0.15) is 0 Å². The summed E-state index contributed by atoms with van der Waals surface area (Å²) >= 11 is 10.9. The van der Waals surface area contributed by atoms with Crippen molar-refractivity contribution in [2.45, 2.75) is 19.3 Å². The number of halogens is 2. The molecule has 1 amide bonds. The fraction of sp³-hybridized carbons (Fsp3) is 0.357. The van der Waals surface area contributed by atoms with Crippen molar-refractivity contribution in [1.29, 1.82) is 0 Å². The zero-order valence-corrected chi connectivity index (χ0v) is 11.7. The molecule has 0 aromatic heterocycles. The summed E-state index contributed by atoms with van der Waals surface area (Å²) < 4.78 is 0. The zero-order valence-electron chi connectivity index (χ0n) is 10.2. The Balaban J connectivity index is 0.000000194. The van der Waals surface area contributed by atoms with Crippen molar-refractivity contribution in [3.05, 3.63) is 47.1 Å². The number of carbonyl (C=O) groups excluding carboxylic acids is 1. The second-order valence-corrected chi connectivity index (χ2v) is 4.76. The minimum Gasteiger partial charge on any atom is -0.366 e. The number of fused-ring (bicyclic) bond motifs is 2. The zero-order chi connectivity index (χ0) is 13.4. The first-order chi connectivity index (χ1) is 8.67. The number of alkyl halides is 2. The quantitative estimate of drug-likeness (QED) is 0.610. The maximum absolute atomic E-state index is 10.6. The first kappa shape index (κ1) is 15.1. The van der Waals surface area contributed by atoms with Gasteiger partial charge in [0.15, 0.2) is 0 Å². The first-order valence-corrected chi connectivity index (χ1v) is 6.93. The largest absolute Gasteiger partial charge is 0.366 e. The third kappa shape index (κ3) is 5.11. The fourth-order valence-corrected chi connectivity index (χ4v) is 1.98. The third-order valence-electron chi connectivity index (χ3n) is 2.61. The van der Waals surface area contributed by atoms with E-state index >= 15 is 0 Å². The standard InChI is InChI=1S/C7H11Cl2NO.C7H6/c8-4-1-2-6(3-5-9)7(10)11;1-2-7-4-3-6(1)5-7/h2H,1,3-5H2,(H2,10,11);1-4H,5H2. The van der Waals surface area contributed by atoms with Crippen LogP contribution in [0.15, 0.2) is 47.1 Å². The molecule has 2 N–H and O–H groups in total. The SMILES string of the molecule is C1=CC2=CC=C1C2.NC(=O)C(=CCCCl)CCCl. The predicted octanol–water partition coefficient (Wildman–Crippen LogP) is 3.47. The molecule has 2 bridgehead atoms. The molecule has 0 radical (unpaired) electrons. The van der Waals surface area contributed by atoms with E-state index in [4.69, 9.17) is 28.9 Å². The van der Waals surface area contributed by atoms with Crippen molar-refractivity contribution in [2.75, 3.05) is 11.8 Å². The Kier molecular flexibility index (Phi) is 6.84. The summed E-state index contributed by atoms with van der Waals surface area (Å²) in [7, 11) is 0. The lowest BCUT2D eigenvalue weighted by molar-refractivity contribution is -0.114. The smallest absolute Gasteiger partial charge is 0.244 e. The molecule has 0 atom stereocenters. The van der Waals surface area contributed by atoms with Gasteiger partial charge in [-0.2, -0.15) is 0 Å². The third-order valence-corrected chi connectivity index (χ3v) is 3.02. The van der Waals surface area contributed by atoms with E-state index in [0.29, 0.717) is 30.2 Å². The van der Waals surface area contributed by atoms with Crippen molar-refractivity contribution in [1.82, 2.24) is 0 Å². The topological polar surface area (TPSA) is 43.1 Å². The lowest BCUT2D eigenvalue weighted by Gasteiger charge is -1.98. The van der Waals surface area contributed by atoms with Gasteiger partial charge in [-0.15, -0.1) is 23.2 Å². The summed E-state index contributed by atoms with van der Waals surface area (Å²) in [4.78, 5) is 10.6. The normalized spacial score (nSPS) is 16.0. The summed E-state index contributed by atoms with van der Waals surface area (Å²) in [5.74, 6) is 0.506. The van der Waals surface area contributed by atoms with Gasteiger partial charge in [0.05, 0.1) is 0 Å². The molecule has 0 aromatic rings. The van der Waals surface area contributed by atoms with Crippen LogP contribution in [0.4, 0.5) is 0 Å². The summed E-state index contributed by atoms with van der Waals surface area (Å²) in [5, 5.41) is 0. The monoisotopic (exact) mass is 285 g/mol. The van der Waals surface area contributed by atoms with E-state index < -0.39 is 5.91 Å². The highest BCUT2D eigenvalue weighted by molar-refractivity contribution is 6.18. The van der Waals surface area contributed by atoms with Crippen LogP contribution in [0.25, 0.3) is 0 Å². The van der Waals surface area contributed by atoms with Gasteiger partial charge in [-0.05, 0) is 30.4 Å². The lowest BCUT2D eigenvalue weighted by atomic mass is 10.1. The molecule has 18 heavy (non-hydrogen) atoms. The van der Waals surface area contributed by atoms with E-state index in [2.05, 4.69) is 24.3 Å². The summed E-state index contributed by atoms with van der Waals surface area (Å²) in [5.41, 5.74) is 8.56. The molecule has 2 rings (SSSR count). The van der Waals surface area contributed by atoms with Gasteiger partial charge in [-0.3, -0.25) is 4.79 Å². The van der Waals surface area contributed by atoms with Crippen LogP contribution in [-0.2, 0) is 4.79 Å². The van der Waals surface area contributed by atoms with Crippen LogP contribution in [0.3, 0.4) is 0 Å². The van der Waals surface area contributed by atoms with Crippen LogP contribution < -0.4 is 5.73 Å². The van der Waals surface area contributed by atoms with E-state index in [1.54, 1.807) is 6.08 Å². The van der Waals surface area contributed by atoms with Crippen molar-refractivity contribution in [3.8, 4) is 0 Å². The predicted molar refractivity (Wildman–Crippen MR) is 77.9 cm³/mol. The average molecular weight is 286 g/mol. The van der Waals surface area contributed by atoms with Crippen LogP contribution in [0, 0.1) is 0 Å². The van der Waals surface area contributed by atoms with E-state index in [1.165, 1.54) is 17.6 Å². The maximum atomic E-state index is 10.6. The number of allylic oxidation sites excluding steroid dienone is 7. The molecular formula is C14H17Cl2NO. The fourth-order valence-electron chi connectivity index (χ4n) is 1.67. The molecule has 2 aliphatic carbocycles. The molecule has 0 saturated carbocycles. The number of primary amides is 1. The van der Waals surface area contributed by atoms with E-state index in [0.717, 1.165) is 0 Å². The molecule has 2 nitrogen and oxygen atoms in total. The maximum Gasteiger partial charge on any atom is 0.244 e. The first-order valence-electron chi connectivity index (χ1n) is 5.86. The Labute approximate surface area is 118 Å². The molecule has 0 unspecified atom stereocenters. The molecule has 98 valence electrons. The number of rotatable bonds is 5. The second-order valence-electron chi connectivity index (χ2n) is 4.00. The van der Waals surface area contributed by atoms with Gasteiger partial charge in [0, 0.05) is 17.3 Å². The number of hydrogen-bond donors (Lipinski definition) is 1. The Morgan fingerprint density at radius 2 is 1.83 bits per heavy atom. The average Bonchev–Trinajstić information content (AvgIpc) is 2.99. The van der Waals surface area contributed by atoms with Crippen LogP contribution in [-0.4, -0.2) is 17.7 Å². The molecule has 0 fully saturated rings. The molecule has 0 spiro atoms. The Bertz CT molecular complexity index is 400. The van der Waals surface area contributed by atoms with Crippen molar-refractivity contribution >= 4 is 29.1 Å². The van der Waals surface area contributed by atoms with Crippen molar-refractivity contribution in [2.24, 2.45) is 5.73 Å². The Hall–Kier alpha value is -0.990. The van der Waals surface area contributed by atoms with Gasteiger partial charge < -0.3 is 5.73 Å². The lowest BCUT2D eigenvalue weighted by Crippen LogP contribution is -2.14. The van der Waals surface area contributed by atoms with Crippen LogP contribution >= 0.6 is 23.2 Å². The molecule has 0 aromatic carbocycles. The summed E-state index contributed by atoms with van der Waals surface area (Å²) in [6.07, 6.45) is 12.8. The van der Waals surface area contributed by atoms with Gasteiger partial charge in [-0.25, -0.2) is 0 Å². The van der Waals surface area contributed by atoms with E-state index in [9.17, 15) is 4.79 Å². The minimum atomic E-state index is -0.407. The molecule has 0 heterocycles. The van der Waals surface area contributed by atoms with Crippen molar-refractivity contribution in [3.63, 3.8) is 0 Å². The molecular weight excluding hydrogens is 269 g/mol. The van der Waals surface area contributed by atoms with Gasteiger partial charge in [-0.1, -0.05) is 30.4 Å². The van der Waals surface area contributed by atoms with E-state index in [1.807, 2.05) is 0 Å². The van der Waals surface area contributed by atoms with Crippen LogP contribution in [0.5, 0.6) is 0 Å². The highest BCUT2D eigenvalue weighted by Gasteiger charge is 2.07. The van der Waals surface area contributed by atoms with Crippen LogP contribution in [0.1, 0.15) is 19.3 Å². The van der Waals surface area contributed by atoms with Gasteiger partial charge in [0.2, 0.25) is 5.91 Å². The highest BCUT2D eigenvalue weighted by atomic mass is 35.5. The summed E-state index contributed by atoms with van der Waals surface area (Å²) in [6.45, 7) is 0. The number of hydrogen-bond acceptors (Lipinski definition) is 1. The number of amides is 1. The van der Waals surface area contributed by atoms with Gasteiger partial charge in [0.25, 0.3) is 0 Å². The number of carbonyl (C=O) groups is 1. The van der Waals surface area contributed by atoms with E-state index in [-0.39, 0.29) is 0 Å². The minimum absolute atomic E-state index is 0.407. The highest BCUT2D eigenvalue weighted by Crippen LogP contribution is 2.27.